The van der Waals surface area contributed by atoms with E-state index in [-0.39, 0.29) is 17.7 Å². The summed E-state index contributed by atoms with van der Waals surface area (Å²) < 4.78 is 19.6. The van der Waals surface area contributed by atoms with Crippen LogP contribution in [0, 0.1) is 16.0 Å². The number of hydrogen-bond donors (Lipinski definition) is 0. The average Bonchev–Trinajstić information content (AvgIpc) is 3.02. The Kier molecular flexibility index (Phi) is 8.46. The van der Waals surface area contributed by atoms with E-state index in [4.69, 9.17) is 4.74 Å². The molecule has 0 saturated carbocycles. The fraction of sp³-hybridized carbons (Fsp3) is 0.632. The van der Waals surface area contributed by atoms with Crippen LogP contribution in [-0.4, -0.2) is 53.1 Å². The van der Waals surface area contributed by atoms with Gasteiger partial charge in [-0.05, 0) is 52.5 Å². The smallest absolute Gasteiger partial charge is 0.410 e. The molecule has 1 heterocycles. The molecule has 27 heavy (non-hydrogen) atoms. The van der Waals surface area contributed by atoms with Gasteiger partial charge in [0.1, 0.15) is 11.3 Å². The molecule has 8 heteroatoms. The Morgan fingerprint density at radius 2 is 2.11 bits per heavy atom. The van der Waals surface area contributed by atoms with Crippen LogP contribution in [0.15, 0.2) is 36.0 Å². The number of allylic oxidation sites excluding steroid dienone is 4. The molecule has 1 rings (SSSR count). The van der Waals surface area contributed by atoms with E-state index < -0.39 is 16.4 Å². The van der Waals surface area contributed by atoms with Crippen LogP contribution < -0.4 is 0 Å². The molecular formula is C19H30FN3O4. The number of nitrogens with zero attached hydrogens (tertiary/aromatic N) is 3. The number of ether oxygens (including phenoxy) is 1. The van der Waals surface area contributed by atoms with Gasteiger partial charge in [-0.3, -0.25) is 10.1 Å². The topological polar surface area (TPSA) is 75.9 Å². The summed E-state index contributed by atoms with van der Waals surface area (Å²) in [6.45, 7) is 8.86. The van der Waals surface area contributed by atoms with E-state index in [1.807, 2.05) is 20.8 Å². The fourth-order valence-corrected chi connectivity index (χ4v) is 2.77. The Balaban J connectivity index is 2.63. The number of hydrogen-bond acceptors (Lipinski definition) is 5. The highest BCUT2D eigenvalue weighted by molar-refractivity contribution is 5.68. The number of carbonyl (C=O) groups is 1. The second kappa shape index (κ2) is 10.1. The maximum Gasteiger partial charge on any atom is 0.410 e. The van der Waals surface area contributed by atoms with E-state index in [0.717, 1.165) is 6.42 Å². The third-order valence-corrected chi connectivity index (χ3v) is 4.13. The zero-order valence-electron chi connectivity index (χ0n) is 16.8. The van der Waals surface area contributed by atoms with Crippen molar-refractivity contribution >= 4 is 6.09 Å². The quantitative estimate of drug-likeness (QED) is 0.376. The number of carbonyl (C=O) groups excluding carboxylic acids is 1. The summed E-state index contributed by atoms with van der Waals surface area (Å²) in [5, 5.41) is 10.8. The summed E-state index contributed by atoms with van der Waals surface area (Å²) in [5.74, 6) is -0.409. The number of amides is 1. The van der Waals surface area contributed by atoms with Crippen LogP contribution >= 0.6 is 0 Å². The van der Waals surface area contributed by atoms with E-state index in [1.165, 1.54) is 17.1 Å². The molecule has 0 aromatic heterocycles. The predicted octanol–water partition coefficient (Wildman–Crippen LogP) is 4.11. The maximum absolute atomic E-state index is 14.2. The van der Waals surface area contributed by atoms with Gasteiger partial charge in [0.05, 0.1) is 4.92 Å². The molecule has 1 atom stereocenters. The third-order valence-electron chi connectivity index (χ3n) is 4.13. The van der Waals surface area contributed by atoms with Crippen molar-refractivity contribution < 1.29 is 18.8 Å². The predicted molar refractivity (Wildman–Crippen MR) is 102 cm³/mol. The van der Waals surface area contributed by atoms with Crippen molar-refractivity contribution in [3.05, 3.63) is 46.1 Å². The van der Waals surface area contributed by atoms with Crippen molar-refractivity contribution in [3.8, 4) is 0 Å². The second-order valence-electron chi connectivity index (χ2n) is 7.63. The molecule has 1 aliphatic heterocycles. The van der Waals surface area contributed by atoms with Gasteiger partial charge in [0.25, 0.3) is 6.20 Å². The van der Waals surface area contributed by atoms with Crippen molar-refractivity contribution in [2.24, 2.45) is 5.92 Å². The molecule has 0 aromatic carbocycles. The molecule has 1 saturated heterocycles. The first-order chi connectivity index (χ1) is 12.5. The second-order valence-corrected chi connectivity index (χ2v) is 7.63. The number of rotatable bonds is 7. The highest BCUT2D eigenvalue weighted by Gasteiger charge is 2.30. The van der Waals surface area contributed by atoms with Gasteiger partial charge < -0.3 is 14.5 Å². The van der Waals surface area contributed by atoms with E-state index >= 15 is 0 Å². The van der Waals surface area contributed by atoms with Crippen LogP contribution in [0.1, 0.15) is 40.5 Å². The maximum atomic E-state index is 14.2. The lowest BCUT2D eigenvalue weighted by atomic mass is 10.0. The first kappa shape index (κ1) is 22.7. The van der Waals surface area contributed by atoms with Gasteiger partial charge in [-0.25, -0.2) is 9.18 Å². The van der Waals surface area contributed by atoms with Crippen molar-refractivity contribution in [1.82, 2.24) is 9.80 Å². The largest absolute Gasteiger partial charge is 0.444 e. The summed E-state index contributed by atoms with van der Waals surface area (Å²) in [7, 11) is 1.62. The summed E-state index contributed by atoms with van der Waals surface area (Å²) in [6.07, 6.45) is 6.22. The lowest BCUT2D eigenvalue weighted by Gasteiger charge is -2.25. The highest BCUT2D eigenvalue weighted by Crippen LogP contribution is 2.24. The van der Waals surface area contributed by atoms with Crippen LogP contribution in [-0.2, 0) is 4.74 Å². The molecule has 1 fully saturated rings. The summed E-state index contributed by atoms with van der Waals surface area (Å²) >= 11 is 0. The molecule has 0 N–H and O–H groups in total. The molecule has 0 spiro atoms. The SMILES string of the molecule is C\C=C/C=C(F)\C(=C\[N+](=O)[O-])N(C)CCC1CCN(C(=O)OC(C)(C)C)C1. The number of likely N-dealkylation sites (N-methyl/N-ethyl adjacent to an activating group) is 1. The first-order valence-electron chi connectivity index (χ1n) is 9.06. The Morgan fingerprint density at radius 1 is 1.44 bits per heavy atom. The summed E-state index contributed by atoms with van der Waals surface area (Å²) in [5.41, 5.74) is -0.603. The van der Waals surface area contributed by atoms with Gasteiger partial charge in [0, 0.05) is 26.7 Å². The molecule has 1 unspecified atom stereocenters. The minimum Gasteiger partial charge on any atom is -0.444 e. The lowest BCUT2D eigenvalue weighted by molar-refractivity contribution is -0.404. The Morgan fingerprint density at radius 3 is 2.67 bits per heavy atom. The monoisotopic (exact) mass is 383 g/mol. The van der Waals surface area contributed by atoms with Crippen molar-refractivity contribution in [3.63, 3.8) is 0 Å². The van der Waals surface area contributed by atoms with Crippen molar-refractivity contribution in [2.45, 2.75) is 46.1 Å². The van der Waals surface area contributed by atoms with E-state index in [0.29, 0.717) is 32.3 Å². The number of halogens is 1. The molecule has 1 aliphatic rings. The van der Waals surface area contributed by atoms with Crippen LogP contribution in [0.4, 0.5) is 9.18 Å². The molecule has 0 aliphatic carbocycles. The van der Waals surface area contributed by atoms with Gasteiger partial charge in [-0.15, -0.1) is 0 Å². The summed E-state index contributed by atoms with van der Waals surface area (Å²) in [6, 6.07) is 0. The van der Waals surface area contributed by atoms with E-state index in [2.05, 4.69) is 0 Å². The van der Waals surface area contributed by atoms with E-state index in [1.54, 1.807) is 24.9 Å². The minimum atomic E-state index is -0.658. The van der Waals surface area contributed by atoms with Crippen LogP contribution in [0.3, 0.4) is 0 Å². The van der Waals surface area contributed by atoms with Gasteiger partial charge in [0.2, 0.25) is 0 Å². The van der Waals surface area contributed by atoms with Gasteiger partial charge in [-0.2, -0.15) is 0 Å². The minimum absolute atomic E-state index is 0.0694. The zero-order valence-corrected chi connectivity index (χ0v) is 16.8. The Bertz CT molecular complexity index is 623. The molecule has 0 bridgehead atoms. The Hall–Kier alpha value is -2.38. The molecule has 7 nitrogen and oxygen atoms in total. The molecule has 0 aromatic rings. The number of nitro groups is 1. The van der Waals surface area contributed by atoms with Crippen LogP contribution in [0.25, 0.3) is 0 Å². The average molecular weight is 383 g/mol. The molecule has 1 amide bonds. The fourth-order valence-electron chi connectivity index (χ4n) is 2.77. The van der Waals surface area contributed by atoms with Crippen LogP contribution in [0.5, 0.6) is 0 Å². The van der Waals surface area contributed by atoms with Gasteiger partial charge in [-0.1, -0.05) is 12.2 Å². The standard InChI is InChI=1S/C19H30FN3O4/c1-6-7-8-16(20)17(14-23(25)26)21(5)11-9-15-10-12-22(13-15)18(24)27-19(2,3)4/h6-8,14-15H,9-13H2,1-5H3/b7-6-,16-8+,17-14-. The normalized spacial score (nSPS) is 18.9. The molecule has 152 valence electrons. The first-order valence-corrected chi connectivity index (χ1v) is 9.06. The number of likely N-dealkylation sites (tertiary alicyclic amines) is 1. The van der Waals surface area contributed by atoms with Gasteiger partial charge in [0.15, 0.2) is 5.83 Å². The van der Waals surface area contributed by atoms with Crippen molar-refractivity contribution in [1.29, 1.82) is 0 Å². The molecular weight excluding hydrogens is 353 g/mol. The highest BCUT2D eigenvalue weighted by atomic mass is 19.1. The van der Waals surface area contributed by atoms with Crippen molar-refractivity contribution in [2.75, 3.05) is 26.7 Å². The Labute approximate surface area is 160 Å². The van der Waals surface area contributed by atoms with Gasteiger partial charge >= 0.3 is 6.09 Å². The zero-order chi connectivity index (χ0) is 20.6. The molecule has 0 radical (unpaired) electrons. The third kappa shape index (κ3) is 8.23. The summed E-state index contributed by atoms with van der Waals surface area (Å²) in [4.78, 5) is 25.5. The van der Waals surface area contributed by atoms with E-state index in [9.17, 15) is 19.3 Å². The lowest BCUT2D eigenvalue weighted by Crippen LogP contribution is -2.35. The van der Waals surface area contributed by atoms with Crippen LogP contribution in [0.2, 0.25) is 0 Å².